The predicted octanol–water partition coefficient (Wildman–Crippen LogP) is 3.02. The lowest BCUT2D eigenvalue weighted by molar-refractivity contribution is 0.0239. The summed E-state index contributed by atoms with van der Waals surface area (Å²) < 4.78 is 0. The van der Waals surface area contributed by atoms with Crippen LogP contribution in [0.15, 0.2) is 0 Å². The normalized spacial score (nSPS) is 16.4. The quantitative estimate of drug-likeness (QED) is 0.499. The Balaban J connectivity index is 3.65. The molecule has 0 aliphatic rings. The molecule has 0 aliphatic heterocycles. The lowest BCUT2D eigenvalue weighted by atomic mass is 10.1. The molecule has 0 unspecified atom stereocenters. The Bertz CT molecular complexity index is 154. The van der Waals surface area contributed by atoms with Gasteiger partial charge in [0, 0.05) is 8.07 Å². The third-order valence-electron chi connectivity index (χ3n) is 2.62. The summed E-state index contributed by atoms with van der Waals surface area (Å²) in [5.41, 5.74) is 0. The van der Waals surface area contributed by atoms with Crippen LogP contribution in [-0.2, 0) is 0 Å². The van der Waals surface area contributed by atoms with E-state index in [1.165, 1.54) is 19.3 Å². The molecule has 3 heteroatoms. The molecule has 0 radical (unpaired) electrons. The molecule has 0 saturated heterocycles. The summed E-state index contributed by atoms with van der Waals surface area (Å²) in [6.07, 6.45) is 4.41. The highest BCUT2D eigenvalue weighted by molar-refractivity contribution is 6.76. The van der Waals surface area contributed by atoms with E-state index in [0.29, 0.717) is 0 Å². The Labute approximate surface area is 95.7 Å². The minimum Gasteiger partial charge on any atom is -0.391 e. The molecule has 2 atom stereocenters. The van der Waals surface area contributed by atoms with Gasteiger partial charge in [0.2, 0.25) is 0 Å². The van der Waals surface area contributed by atoms with Crippen LogP contribution < -0.4 is 0 Å². The van der Waals surface area contributed by atoms with Gasteiger partial charge in [-0.05, 0) is 12.5 Å². The van der Waals surface area contributed by atoms with E-state index in [9.17, 15) is 10.2 Å². The van der Waals surface area contributed by atoms with Gasteiger partial charge in [0.25, 0.3) is 0 Å². The van der Waals surface area contributed by atoms with Gasteiger partial charge in [-0.15, -0.1) is 0 Å². The molecule has 0 heterocycles. The Hall–Kier alpha value is 0.137. The Kier molecular flexibility index (Phi) is 7.48. The molecule has 2 nitrogen and oxygen atoms in total. The third kappa shape index (κ3) is 9.09. The first kappa shape index (κ1) is 15.1. The maximum absolute atomic E-state index is 9.79. The van der Waals surface area contributed by atoms with Crippen LogP contribution in [-0.4, -0.2) is 30.5 Å². The molecule has 0 aromatic heterocycles. The smallest absolute Gasteiger partial charge is 0.0796 e. The van der Waals surface area contributed by atoms with E-state index in [1.54, 1.807) is 0 Å². The first-order valence-electron chi connectivity index (χ1n) is 6.23. The van der Waals surface area contributed by atoms with Gasteiger partial charge < -0.3 is 10.2 Å². The maximum Gasteiger partial charge on any atom is 0.0796 e. The second-order valence-corrected chi connectivity index (χ2v) is 11.3. The molecule has 0 rings (SSSR count). The van der Waals surface area contributed by atoms with E-state index < -0.39 is 20.3 Å². The second-order valence-electron chi connectivity index (χ2n) is 5.75. The fourth-order valence-corrected chi connectivity index (χ4v) is 3.26. The van der Waals surface area contributed by atoms with Gasteiger partial charge in [-0.1, -0.05) is 52.2 Å². The molecule has 0 amide bonds. The molecule has 15 heavy (non-hydrogen) atoms. The summed E-state index contributed by atoms with van der Waals surface area (Å²) >= 11 is 0. The molecule has 0 aromatic carbocycles. The van der Waals surface area contributed by atoms with Gasteiger partial charge in [0.1, 0.15) is 0 Å². The summed E-state index contributed by atoms with van der Waals surface area (Å²) in [7, 11) is -1.25. The monoisotopic (exact) mass is 232 g/mol. The third-order valence-corrected chi connectivity index (χ3v) is 4.26. The summed E-state index contributed by atoms with van der Waals surface area (Å²) in [6, 6.07) is 0.807. The van der Waals surface area contributed by atoms with Crippen molar-refractivity contribution in [1.82, 2.24) is 0 Å². The van der Waals surface area contributed by atoms with Crippen molar-refractivity contribution < 1.29 is 10.2 Å². The zero-order chi connectivity index (χ0) is 11.9. The topological polar surface area (TPSA) is 40.5 Å². The van der Waals surface area contributed by atoms with Crippen LogP contribution in [0, 0.1) is 0 Å². The number of hydrogen-bond donors (Lipinski definition) is 2. The fraction of sp³-hybridized carbons (Fsp3) is 1.00. The second kappa shape index (κ2) is 7.42. The fourth-order valence-electron chi connectivity index (χ4n) is 1.74. The van der Waals surface area contributed by atoms with Gasteiger partial charge in [-0.3, -0.25) is 0 Å². The van der Waals surface area contributed by atoms with Crippen molar-refractivity contribution in [3.63, 3.8) is 0 Å². The molecule has 0 fully saturated rings. The number of hydrogen-bond acceptors (Lipinski definition) is 2. The summed E-state index contributed by atoms with van der Waals surface area (Å²) in [6.45, 7) is 8.84. The van der Waals surface area contributed by atoms with Crippen molar-refractivity contribution >= 4 is 8.07 Å². The highest BCUT2D eigenvalue weighted by Crippen LogP contribution is 2.17. The summed E-state index contributed by atoms with van der Waals surface area (Å²) in [5.74, 6) is 0. The van der Waals surface area contributed by atoms with Crippen molar-refractivity contribution in [2.24, 2.45) is 0 Å². The molecule has 2 N–H and O–H groups in total. The molecular formula is C12H28O2Si. The number of aliphatic hydroxyl groups is 2. The Morgan fingerprint density at radius 2 is 1.53 bits per heavy atom. The molecule has 0 spiro atoms. The van der Waals surface area contributed by atoms with Crippen LogP contribution in [0.2, 0.25) is 25.7 Å². The van der Waals surface area contributed by atoms with Gasteiger partial charge in [-0.25, -0.2) is 0 Å². The Morgan fingerprint density at radius 1 is 0.933 bits per heavy atom. The standard InChI is InChI=1S/C12H28O2Si/c1-5-6-7-8-9-11(13)12(14)10-15(2,3)4/h11-14H,5-10H2,1-4H3/t11-,12+/m1/s1. The Morgan fingerprint density at radius 3 is 2.00 bits per heavy atom. The van der Waals surface area contributed by atoms with Crippen molar-refractivity contribution in [3.05, 3.63) is 0 Å². The molecule has 0 saturated carbocycles. The van der Waals surface area contributed by atoms with Gasteiger partial charge in [0.15, 0.2) is 0 Å². The zero-order valence-corrected chi connectivity index (χ0v) is 11.8. The van der Waals surface area contributed by atoms with E-state index >= 15 is 0 Å². The number of unbranched alkanes of at least 4 members (excludes halogenated alkanes) is 3. The van der Waals surface area contributed by atoms with Gasteiger partial charge >= 0.3 is 0 Å². The molecule has 0 aromatic rings. The minimum atomic E-state index is -1.25. The van der Waals surface area contributed by atoms with E-state index in [0.717, 1.165) is 18.9 Å². The lowest BCUT2D eigenvalue weighted by Gasteiger charge is -2.24. The van der Waals surface area contributed by atoms with Crippen LogP contribution in [0.25, 0.3) is 0 Å². The first-order chi connectivity index (χ1) is 6.87. The average Bonchev–Trinajstić information content (AvgIpc) is 2.09. The number of rotatable bonds is 8. The molecular weight excluding hydrogens is 204 g/mol. The van der Waals surface area contributed by atoms with Crippen LogP contribution in [0.1, 0.15) is 39.0 Å². The van der Waals surface area contributed by atoms with E-state index in [-0.39, 0.29) is 0 Å². The average molecular weight is 232 g/mol. The van der Waals surface area contributed by atoms with Crippen molar-refractivity contribution in [2.45, 2.75) is 76.9 Å². The van der Waals surface area contributed by atoms with Crippen molar-refractivity contribution in [2.75, 3.05) is 0 Å². The SMILES string of the molecule is CCCCCC[C@@H](O)[C@@H](O)C[Si](C)(C)C. The summed E-state index contributed by atoms with van der Waals surface area (Å²) in [5, 5.41) is 19.5. The van der Waals surface area contributed by atoms with E-state index in [4.69, 9.17) is 0 Å². The molecule has 0 aliphatic carbocycles. The maximum atomic E-state index is 9.79. The zero-order valence-electron chi connectivity index (χ0n) is 10.8. The lowest BCUT2D eigenvalue weighted by Crippen LogP contribution is -2.34. The molecule has 92 valence electrons. The van der Waals surface area contributed by atoms with Crippen LogP contribution in [0.5, 0.6) is 0 Å². The van der Waals surface area contributed by atoms with Gasteiger partial charge in [0.05, 0.1) is 12.2 Å². The highest BCUT2D eigenvalue weighted by Gasteiger charge is 2.23. The number of aliphatic hydroxyl groups excluding tert-OH is 2. The minimum absolute atomic E-state index is 0.502. The van der Waals surface area contributed by atoms with E-state index in [1.807, 2.05) is 0 Å². The van der Waals surface area contributed by atoms with Gasteiger partial charge in [-0.2, -0.15) is 0 Å². The van der Waals surface area contributed by atoms with Crippen molar-refractivity contribution in [1.29, 1.82) is 0 Å². The molecule has 0 bridgehead atoms. The highest BCUT2D eigenvalue weighted by atomic mass is 28.3. The van der Waals surface area contributed by atoms with Crippen LogP contribution in [0.4, 0.5) is 0 Å². The van der Waals surface area contributed by atoms with E-state index in [2.05, 4.69) is 26.6 Å². The first-order valence-corrected chi connectivity index (χ1v) is 9.93. The van der Waals surface area contributed by atoms with Crippen LogP contribution >= 0.6 is 0 Å². The largest absolute Gasteiger partial charge is 0.391 e. The predicted molar refractivity (Wildman–Crippen MR) is 68.9 cm³/mol. The van der Waals surface area contributed by atoms with Crippen molar-refractivity contribution in [3.8, 4) is 0 Å². The summed E-state index contributed by atoms with van der Waals surface area (Å²) in [4.78, 5) is 0. The van der Waals surface area contributed by atoms with Crippen LogP contribution in [0.3, 0.4) is 0 Å².